The molecular weight excluding hydrogens is 394 g/mol. The molecular formula is C20H23N3O5S. The Balaban J connectivity index is 1.43. The molecule has 1 aliphatic rings. The summed E-state index contributed by atoms with van der Waals surface area (Å²) in [6.07, 6.45) is 0. The first-order chi connectivity index (χ1) is 13.9. The van der Waals surface area contributed by atoms with Crippen LogP contribution in [0.4, 0.5) is 0 Å². The molecule has 0 saturated carbocycles. The van der Waals surface area contributed by atoms with Crippen LogP contribution in [0.15, 0.2) is 29.6 Å². The highest BCUT2D eigenvalue weighted by Gasteiger charge is 2.23. The van der Waals surface area contributed by atoms with Gasteiger partial charge in [-0.15, -0.1) is 11.3 Å². The molecule has 0 aliphatic carbocycles. The fourth-order valence-corrected chi connectivity index (χ4v) is 3.49. The smallest absolute Gasteiger partial charge is 0.338 e. The average Bonchev–Trinajstić information content (AvgIpc) is 3.15. The molecule has 8 nitrogen and oxygen atoms in total. The number of amides is 2. The van der Waals surface area contributed by atoms with E-state index in [1.807, 2.05) is 12.3 Å². The Morgan fingerprint density at radius 1 is 1.07 bits per heavy atom. The summed E-state index contributed by atoms with van der Waals surface area (Å²) < 4.78 is 10.8. The minimum Gasteiger partial charge on any atom is -0.487 e. The summed E-state index contributed by atoms with van der Waals surface area (Å²) in [7, 11) is 0. The quantitative estimate of drug-likeness (QED) is 0.667. The second-order valence-corrected chi connectivity index (χ2v) is 7.70. The molecule has 2 aromatic rings. The van der Waals surface area contributed by atoms with Gasteiger partial charge in [0.05, 0.1) is 16.3 Å². The molecule has 0 atom stereocenters. The van der Waals surface area contributed by atoms with E-state index in [-0.39, 0.29) is 18.4 Å². The zero-order valence-electron chi connectivity index (χ0n) is 16.4. The Morgan fingerprint density at radius 2 is 1.72 bits per heavy atom. The third-order valence-corrected chi connectivity index (χ3v) is 5.37. The summed E-state index contributed by atoms with van der Waals surface area (Å²) in [5.41, 5.74) is 1.20. The summed E-state index contributed by atoms with van der Waals surface area (Å²) in [5.74, 6) is -0.216. The number of esters is 1. The van der Waals surface area contributed by atoms with Crippen molar-refractivity contribution in [1.82, 2.24) is 14.8 Å². The van der Waals surface area contributed by atoms with E-state index < -0.39 is 5.97 Å². The van der Waals surface area contributed by atoms with Crippen LogP contribution < -0.4 is 4.74 Å². The summed E-state index contributed by atoms with van der Waals surface area (Å²) in [5, 5.41) is 2.93. The minimum absolute atomic E-state index is 0.00217. The van der Waals surface area contributed by atoms with Crippen molar-refractivity contribution in [3.8, 4) is 5.75 Å². The number of rotatable bonds is 6. The maximum absolute atomic E-state index is 12.2. The van der Waals surface area contributed by atoms with Crippen molar-refractivity contribution in [3.63, 3.8) is 0 Å². The summed E-state index contributed by atoms with van der Waals surface area (Å²) >= 11 is 1.56. The van der Waals surface area contributed by atoms with Gasteiger partial charge in [-0.2, -0.15) is 0 Å². The van der Waals surface area contributed by atoms with Crippen LogP contribution in [0.3, 0.4) is 0 Å². The van der Waals surface area contributed by atoms with Gasteiger partial charge >= 0.3 is 5.97 Å². The van der Waals surface area contributed by atoms with Crippen LogP contribution >= 0.6 is 11.3 Å². The summed E-state index contributed by atoms with van der Waals surface area (Å²) in [6.45, 7) is 5.37. The van der Waals surface area contributed by atoms with E-state index in [0.717, 1.165) is 10.7 Å². The predicted octanol–water partition coefficient (Wildman–Crippen LogP) is 1.88. The Morgan fingerprint density at radius 3 is 2.31 bits per heavy atom. The number of carbonyl (C=O) groups is 3. The Labute approximate surface area is 173 Å². The van der Waals surface area contributed by atoms with Crippen molar-refractivity contribution < 1.29 is 23.9 Å². The Hall–Kier alpha value is -2.94. The number of hydrogen-bond acceptors (Lipinski definition) is 7. The van der Waals surface area contributed by atoms with Crippen molar-refractivity contribution >= 4 is 29.1 Å². The number of piperazine rings is 1. The molecule has 0 bridgehead atoms. The molecule has 2 amide bonds. The molecule has 29 heavy (non-hydrogen) atoms. The number of benzene rings is 1. The van der Waals surface area contributed by atoms with Crippen LogP contribution in [0.2, 0.25) is 0 Å². The van der Waals surface area contributed by atoms with Gasteiger partial charge in [-0.1, -0.05) is 0 Å². The number of nitrogens with zero attached hydrogens (tertiary/aromatic N) is 3. The van der Waals surface area contributed by atoms with Crippen molar-refractivity contribution in [2.24, 2.45) is 0 Å². The van der Waals surface area contributed by atoms with Crippen molar-refractivity contribution in [2.75, 3.05) is 32.8 Å². The highest BCUT2D eigenvalue weighted by molar-refractivity contribution is 7.09. The minimum atomic E-state index is -0.567. The zero-order valence-corrected chi connectivity index (χ0v) is 17.2. The molecule has 1 aromatic carbocycles. The van der Waals surface area contributed by atoms with E-state index in [2.05, 4.69) is 4.98 Å². The average molecular weight is 417 g/mol. The van der Waals surface area contributed by atoms with Gasteiger partial charge in [0.2, 0.25) is 5.91 Å². The standard InChI is InChI=1S/C20H23N3O5S/c1-14-21-17(13-29-14)11-27-18-5-3-16(4-6-18)20(26)28-12-19(25)23-9-7-22(8-10-23)15(2)24/h3-6,13H,7-12H2,1-2H3. The van der Waals surface area contributed by atoms with Gasteiger partial charge in [-0.3, -0.25) is 9.59 Å². The van der Waals surface area contributed by atoms with Crippen molar-refractivity contribution in [3.05, 3.63) is 45.9 Å². The Kier molecular flexibility index (Phi) is 6.82. The lowest BCUT2D eigenvalue weighted by Gasteiger charge is -2.34. The molecule has 3 rings (SSSR count). The maximum Gasteiger partial charge on any atom is 0.338 e. The van der Waals surface area contributed by atoms with E-state index >= 15 is 0 Å². The number of aryl methyl sites for hydroxylation is 1. The number of carbonyl (C=O) groups excluding carboxylic acids is 3. The third kappa shape index (κ3) is 5.77. The van der Waals surface area contributed by atoms with Crippen LogP contribution in [-0.4, -0.2) is 65.4 Å². The van der Waals surface area contributed by atoms with Gasteiger partial charge in [0.15, 0.2) is 6.61 Å². The maximum atomic E-state index is 12.2. The first-order valence-electron chi connectivity index (χ1n) is 9.26. The molecule has 1 aromatic heterocycles. The fraction of sp³-hybridized carbons (Fsp3) is 0.400. The molecule has 154 valence electrons. The molecule has 1 aliphatic heterocycles. The molecule has 1 saturated heterocycles. The topological polar surface area (TPSA) is 89.0 Å². The van der Waals surface area contributed by atoms with Crippen LogP contribution in [0.25, 0.3) is 0 Å². The van der Waals surface area contributed by atoms with Crippen LogP contribution in [-0.2, 0) is 20.9 Å². The van der Waals surface area contributed by atoms with Crippen LogP contribution in [0.5, 0.6) is 5.75 Å². The van der Waals surface area contributed by atoms with Crippen LogP contribution in [0, 0.1) is 6.92 Å². The van der Waals surface area contributed by atoms with E-state index in [9.17, 15) is 14.4 Å². The first-order valence-corrected chi connectivity index (χ1v) is 10.1. The molecule has 9 heteroatoms. The largest absolute Gasteiger partial charge is 0.487 e. The van der Waals surface area contributed by atoms with Gasteiger partial charge < -0.3 is 19.3 Å². The highest BCUT2D eigenvalue weighted by atomic mass is 32.1. The molecule has 1 fully saturated rings. The van der Waals surface area contributed by atoms with Crippen molar-refractivity contribution in [1.29, 1.82) is 0 Å². The van der Waals surface area contributed by atoms with E-state index in [0.29, 0.717) is 44.1 Å². The number of ether oxygens (including phenoxy) is 2. The lowest BCUT2D eigenvalue weighted by atomic mass is 10.2. The van der Waals surface area contributed by atoms with Gasteiger partial charge in [-0.05, 0) is 31.2 Å². The predicted molar refractivity (Wildman–Crippen MR) is 107 cm³/mol. The number of aromatic nitrogens is 1. The first kappa shape index (κ1) is 20.8. The monoisotopic (exact) mass is 417 g/mol. The molecule has 0 spiro atoms. The third-order valence-electron chi connectivity index (χ3n) is 4.55. The lowest BCUT2D eigenvalue weighted by molar-refractivity contribution is -0.140. The molecule has 2 heterocycles. The SMILES string of the molecule is CC(=O)N1CCN(C(=O)COC(=O)c2ccc(OCc3csc(C)n3)cc2)CC1. The fourth-order valence-electron chi connectivity index (χ4n) is 2.89. The normalized spacial score (nSPS) is 13.9. The summed E-state index contributed by atoms with van der Waals surface area (Å²) in [6, 6.07) is 6.55. The van der Waals surface area contributed by atoms with Gasteiger partial charge in [0, 0.05) is 38.5 Å². The molecule has 0 unspecified atom stereocenters. The van der Waals surface area contributed by atoms with Crippen LogP contribution in [0.1, 0.15) is 28.0 Å². The van der Waals surface area contributed by atoms with Crippen molar-refractivity contribution in [2.45, 2.75) is 20.5 Å². The lowest BCUT2D eigenvalue weighted by Crippen LogP contribution is -2.51. The van der Waals surface area contributed by atoms with E-state index in [1.165, 1.54) is 6.92 Å². The molecule has 0 radical (unpaired) electrons. The zero-order chi connectivity index (χ0) is 20.8. The second-order valence-electron chi connectivity index (χ2n) is 6.63. The van der Waals surface area contributed by atoms with Gasteiger partial charge in [0.1, 0.15) is 12.4 Å². The number of hydrogen-bond donors (Lipinski definition) is 0. The highest BCUT2D eigenvalue weighted by Crippen LogP contribution is 2.16. The van der Waals surface area contributed by atoms with Gasteiger partial charge in [-0.25, -0.2) is 9.78 Å². The molecule has 0 N–H and O–H groups in total. The number of thiazole rings is 1. The van der Waals surface area contributed by atoms with E-state index in [1.54, 1.807) is 45.4 Å². The Bertz CT molecular complexity index is 872. The second kappa shape index (κ2) is 9.51. The van der Waals surface area contributed by atoms with Gasteiger partial charge in [0.25, 0.3) is 5.91 Å². The summed E-state index contributed by atoms with van der Waals surface area (Å²) in [4.78, 5) is 43.3. The van der Waals surface area contributed by atoms with E-state index in [4.69, 9.17) is 9.47 Å².